The molecule has 30 heavy (non-hydrogen) atoms. The molecule has 2 heterocycles. The molecule has 0 saturated carbocycles. The molecule has 4 rings (SSSR count). The van der Waals surface area contributed by atoms with Crippen molar-refractivity contribution in [1.29, 1.82) is 0 Å². The average Bonchev–Trinajstić information content (AvgIpc) is 3.15. The van der Waals surface area contributed by atoms with Crippen molar-refractivity contribution in [2.24, 2.45) is 5.92 Å². The lowest BCUT2D eigenvalue weighted by Crippen LogP contribution is -2.44. The summed E-state index contributed by atoms with van der Waals surface area (Å²) in [7, 11) is 0. The number of amides is 2. The summed E-state index contributed by atoms with van der Waals surface area (Å²) in [6, 6.07) is 19.9. The molecule has 2 aromatic carbocycles. The molecule has 6 nitrogen and oxygen atoms in total. The summed E-state index contributed by atoms with van der Waals surface area (Å²) in [5.74, 6) is -0.304. The van der Waals surface area contributed by atoms with Crippen LogP contribution in [0.1, 0.15) is 23.6 Å². The Morgan fingerprint density at radius 2 is 1.70 bits per heavy atom. The van der Waals surface area contributed by atoms with E-state index < -0.39 is 0 Å². The first-order valence-corrected chi connectivity index (χ1v) is 10.7. The molecule has 158 valence electrons. The molecule has 0 spiro atoms. The molecule has 2 amide bonds. The second-order valence-electron chi connectivity index (χ2n) is 8.05. The van der Waals surface area contributed by atoms with Gasteiger partial charge < -0.3 is 15.0 Å². The van der Waals surface area contributed by atoms with Gasteiger partial charge in [0.05, 0.1) is 25.2 Å². The van der Waals surface area contributed by atoms with Gasteiger partial charge >= 0.3 is 0 Å². The molecule has 2 atom stereocenters. The van der Waals surface area contributed by atoms with Crippen molar-refractivity contribution < 1.29 is 14.3 Å². The summed E-state index contributed by atoms with van der Waals surface area (Å²) < 4.78 is 5.45. The minimum Gasteiger partial charge on any atom is -0.379 e. The molecule has 2 aliphatic heterocycles. The summed E-state index contributed by atoms with van der Waals surface area (Å²) in [4.78, 5) is 29.7. The predicted octanol–water partition coefficient (Wildman–Crippen LogP) is 2.22. The first-order chi connectivity index (χ1) is 14.7. The Bertz CT molecular complexity index is 837. The third-order valence-electron chi connectivity index (χ3n) is 5.86. The highest BCUT2D eigenvalue weighted by atomic mass is 16.5. The number of likely N-dealkylation sites (tertiary alicyclic amines) is 1. The molecule has 2 aliphatic rings. The van der Waals surface area contributed by atoms with Crippen LogP contribution in [0.3, 0.4) is 0 Å². The van der Waals surface area contributed by atoms with Crippen LogP contribution in [0, 0.1) is 5.92 Å². The maximum absolute atomic E-state index is 13.1. The van der Waals surface area contributed by atoms with E-state index in [-0.39, 0.29) is 30.2 Å². The Morgan fingerprint density at radius 3 is 2.40 bits per heavy atom. The van der Waals surface area contributed by atoms with Gasteiger partial charge in [-0.25, -0.2) is 0 Å². The van der Waals surface area contributed by atoms with Crippen LogP contribution in [0.25, 0.3) is 0 Å². The van der Waals surface area contributed by atoms with Crippen molar-refractivity contribution >= 4 is 11.8 Å². The Labute approximate surface area is 177 Å². The zero-order chi connectivity index (χ0) is 20.8. The molecule has 0 bridgehead atoms. The largest absolute Gasteiger partial charge is 0.379 e. The van der Waals surface area contributed by atoms with Gasteiger partial charge in [0.1, 0.15) is 0 Å². The van der Waals surface area contributed by atoms with Crippen LogP contribution in [0.15, 0.2) is 60.7 Å². The fraction of sp³-hybridized carbons (Fsp3) is 0.417. The zero-order valence-corrected chi connectivity index (χ0v) is 17.2. The standard InChI is InChI=1S/C24H29N3O3/c28-23-15-21(17-27(23)16-19-7-3-1-4-8-19)24(29)25-22(20-9-5-2-6-10-20)18-26-11-13-30-14-12-26/h1-10,21-22H,11-18H2,(H,25,29). The molecule has 2 fully saturated rings. The number of ether oxygens (including phenoxy) is 1. The first-order valence-electron chi connectivity index (χ1n) is 10.7. The van der Waals surface area contributed by atoms with E-state index in [1.807, 2.05) is 60.7 Å². The van der Waals surface area contributed by atoms with Crippen LogP contribution in [0.4, 0.5) is 0 Å². The lowest BCUT2D eigenvalue weighted by molar-refractivity contribution is -0.129. The van der Waals surface area contributed by atoms with Crippen molar-refractivity contribution in [2.75, 3.05) is 39.4 Å². The number of morpholine rings is 1. The molecule has 2 saturated heterocycles. The van der Waals surface area contributed by atoms with Crippen molar-refractivity contribution in [2.45, 2.75) is 19.0 Å². The van der Waals surface area contributed by atoms with Crippen LogP contribution in [-0.2, 0) is 20.9 Å². The van der Waals surface area contributed by atoms with Crippen LogP contribution in [0.5, 0.6) is 0 Å². The smallest absolute Gasteiger partial charge is 0.225 e. The molecule has 2 aromatic rings. The fourth-order valence-electron chi connectivity index (χ4n) is 4.16. The van der Waals surface area contributed by atoms with E-state index in [9.17, 15) is 9.59 Å². The highest BCUT2D eigenvalue weighted by Crippen LogP contribution is 2.22. The Balaban J connectivity index is 1.40. The minimum atomic E-state index is -0.308. The van der Waals surface area contributed by atoms with Crippen LogP contribution >= 0.6 is 0 Å². The van der Waals surface area contributed by atoms with Crippen LogP contribution in [0.2, 0.25) is 0 Å². The summed E-state index contributed by atoms with van der Waals surface area (Å²) in [5.41, 5.74) is 2.17. The summed E-state index contributed by atoms with van der Waals surface area (Å²) in [5, 5.41) is 3.23. The molecular formula is C24H29N3O3. The number of nitrogens with zero attached hydrogens (tertiary/aromatic N) is 2. The normalized spacial score (nSPS) is 20.9. The molecule has 0 radical (unpaired) electrons. The molecule has 0 aromatic heterocycles. The van der Waals surface area contributed by atoms with Crippen molar-refractivity contribution in [1.82, 2.24) is 15.1 Å². The number of hydrogen-bond donors (Lipinski definition) is 1. The number of carbonyl (C=O) groups excluding carboxylic acids is 2. The maximum Gasteiger partial charge on any atom is 0.225 e. The zero-order valence-electron chi connectivity index (χ0n) is 17.2. The van der Waals surface area contributed by atoms with Gasteiger partial charge in [0.25, 0.3) is 0 Å². The molecule has 6 heteroatoms. The Morgan fingerprint density at radius 1 is 1.03 bits per heavy atom. The van der Waals surface area contributed by atoms with Gasteiger partial charge in [-0.2, -0.15) is 0 Å². The van der Waals surface area contributed by atoms with Gasteiger partial charge in [-0.3, -0.25) is 14.5 Å². The number of rotatable bonds is 7. The van der Waals surface area contributed by atoms with E-state index in [2.05, 4.69) is 10.2 Å². The van der Waals surface area contributed by atoms with Crippen molar-refractivity contribution in [3.63, 3.8) is 0 Å². The summed E-state index contributed by atoms with van der Waals surface area (Å²) >= 11 is 0. The highest BCUT2D eigenvalue weighted by molar-refractivity contribution is 5.89. The van der Waals surface area contributed by atoms with E-state index in [0.29, 0.717) is 13.1 Å². The summed E-state index contributed by atoms with van der Waals surface area (Å²) in [6.45, 7) is 4.95. The van der Waals surface area contributed by atoms with Crippen molar-refractivity contribution in [3.8, 4) is 0 Å². The minimum absolute atomic E-state index is 0.0407. The lowest BCUT2D eigenvalue weighted by atomic mass is 10.0. The second-order valence-corrected chi connectivity index (χ2v) is 8.05. The Hall–Kier alpha value is -2.70. The topological polar surface area (TPSA) is 61.9 Å². The molecular weight excluding hydrogens is 378 g/mol. The fourth-order valence-corrected chi connectivity index (χ4v) is 4.16. The lowest BCUT2D eigenvalue weighted by Gasteiger charge is -2.31. The average molecular weight is 408 g/mol. The Kier molecular flexibility index (Phi) is 6.77. The quantitative estimate of drug-likeness (QED) is 0.765. The SMILES string of the molecule is O=C(NC(CN1CCOCC1)c1ccccc1)C1CC(=O)N(Cc2ccccc2)C1. The first kappa shape index (κ1) is 20.6. The van der Waals surface area contributed by atoms with E-state index in [1.54, 1.807) is 4.90 Å². The van der Waals surface area contributed by atoms with Crippen LogP contribution in [-0.4, -0.2) is 61.0 Å². The third kappa shape index (κ3) is 5.26. The maximum atomic E-state index is 13.1. The van der Waals surface area contributed by atoms with Gasteiger partial charge in [0.15, 0.2) is 0 Å². The van der Waals surface area contributed by atoms with E-state index in [1.165, 1.54) is 0 Å². The molecule has 2 unspecified atom stereocenters. The van der Waals surface area contributed by atoms with E-state index in [4.69, 9.17) is 4.74 Å². The molecule has 0 aliphatic carbocycles. The van der Waals surface area contributed by atoms with Gasteiger partial charge in [-0.05, 0) is 11.1 Å². The van der Waals surface area contributed by atoms with Crippen molar-refractivity contribution in [3.05, 3.63) is 71.8 Å². The second kappa shape index (κ2) is 9.87. The predicted molar refractivity (Wildman–Crippen MR) is 115 cm³/mol. The number of carbonyl (C=O) groups is 2. The highest BCUT2D eigenvalue weighted by Gasteiger charge is 2.35. The van der Waals surface area contributed by atoms with Gasteiger partial charge in [0.2, 0.25) is 11.8 Å². The summed E-state index contributed by atoms with van der Waals surface area (Å²) in [6.07, 6.45) is 0.276. The van der Waals surface area contributed by atoms with Gasteiger partial charge in [-0.1, -0.05) is 60.7 Å². The van der Waals surface area contributed by atoms with Crippen LogP contribution < -0.4 is 5.32 Å². The monoisotopic (exact) mass is 407 g/mol. The number of hydrogen-bond acceptors (Lipinski definition) is 4. The van der Waals surface area contributed by atoms with Gasteiger partial charge in [-0.15, -0.1) is 0 Å². The van der Waals surface area contributed by atoms with Gasteiger partial charge in [0, 0.05) is 39.1 Å². The molecule has 1 N–H and O–H groups in total. The van der Waals surface area contributed by atoms with E-state index >= 15 is 0 Å². The number of benzene rings is 2. The third-order valence-corrected chi connectivity index (χ3v) is 5.86. The van der Waals surface area contributed by atoms with E-state index in [0.717, 1.165) is 44.0 Å². The number of nitrogens with one attached hydrogen (secondary N) is 1.